The molecule has 0 unspecified atom stereocenters. The van der Waals surface area contributed by atoms with E-state index in [4.69, 9.17) is 14.2 Å². The first-order chi connectivity index (χ1) is 12.6. The number of hydrogen-bond acceptors (Lipinski definition) is 6. The summed E-state index contributed by atoms with van der Waals surface area (Å²) in [5.74, 6) is -0.325. The second-order valence-electron chi connectivity index (χ2n) is 5.74. The number of carboxylic acids is 1. The molecule has 27 heavy (non-hydrogen) atoms. The third kappa shape index (κ3) is 4.08. The van der Waals surface area contributed by atoms with Gasteiger partial charge in [-0.25, -0.2) is 13.2 Å². The molecule has 0 aliphatic carbocycles. The summed E-state index contributed by atoms with van der Waals surface area (Å²) in [5.41, 5.74) is 1.09. The lowest BCUT2D eigenvalue weighted by Crippen LogP contribution is -2.16. The highest BCUT2D eigenvalue weighted by Crippen LogP contribution is 2.40. The van der Waals surface area contributed by atoms with E-state index < -0.39 is 16.0 Å². The molecule has 0 amide bonds. The van der Waals surface area contributed by atoms with Gasteiger partial charge in [0.05, 0.1) is 37.5 Å². The molecule has 8 nitrogen and oxygen atoms in total. The fourth-order valence-electron chi connectivity index (χ4n) is 2.58. The quantitative estimate of drug-likeness (QED) is 0.741. The number of rotatable bonds is 7. The number of benzene rings is 2. The minimum absolute atomic E-state index is 0.108. The summed E-state index contributed by atoms with van der Waals surface area (Å²) in [6, 6.07) is 5.45. The van der Waals surface area contributed by atoms with Gasteiger partial charge in [0.25, 0.3) is 10.0 Å². The smallest absolute Gasteiger partial charge is 0.335 e. The molecule has 0 radical (unpaired) electrons. The fraction of sp³-hybridized carbons (Fsp3) is 0.278. The van der Waals surface area contributed by atoms with Crippen molar-refractivity contribution in [2.45, 2.75) is 18.7 Å². The van der Waals surface area contributed by atoms with Crippen LogP contribution >= 0.6 is 0 Å². The van der Waals surface area contributed by atoms with Crippen LogP contribution in [0, 0.1) is 13.8 Å². The van der Waals surface area contributed by atoms with Gasteiger partial charge in [0.1, 0.15) is 0 Å². The summed E-state index contributed by atoms with van der Waals surface area (Å²) in [4.78, 5) is 11.2. The zero-order chi connectivity index (χ0) is 20.4. The normalized spacial score (nSPS) is 11.0. The van der Waals surface area contributed by atoms with Crippen molar-refractivity contribution in [3.63, 3.8) is 0 Å². The molecule has 2 rings (SSSR count). The molecule has 2 aromatic rings. The van der Waals surface area contributed by atoms with Crippen LogP contribution in [-0.2, 0) is 10.0 Å². The van der Waals surface area contributed by atoms with Gasteiger partial charge in [0.2, 0.25) is 5.75 Å². The molecule has 0 heterocycles. The van der Waals surface area contributed by atoms with E-state index in [1.54, 1.807) is 13.8 Å². The Kier molecular flexibility index (Phi) is 5.85. The number of sulfonamides is 1. The summed E-state index contributed by atoms with van der Waals surface area (Å²) in [7, 11) is 0.213. The fourth-order valence-corrected chi connectivity index (χ4v) is 3.96. The van der Waals surface area contributed by atoms with Gasteiger partial charge in [0.15, 0.2) is 11.5 Å². The maximum atomic E-state index is 12.9. The van der Waals surface area contributed by atoms with Gasteiger partial charge in [-0.15, -0.1) is 0 Å². The van der Waals surface area contributed by atoms with Gasteiger partial charge < -0.3 is 19.3 Å². The molecule has 0 saturated carbocycles. The van der Waals surface area contributed by atoms with Crippen molar-refractivity contribution >= 4 is 21.7 Å². The Morgan fingerprint density at radius 3 is 1.96 bits per heavy atom. The average molecular weight is 395 g/mol. The van der Waals surface area contributed by atoms with Crippen LogP contribution in [0.1, 0.15) is 21.5 Å². The lowest BCUT2D eigenvalue weighted by atomic mass is 10.1. The number of anilines is 1. The van der Waals surface area contributed by atoms with Crippen LogP contribution in [0.3, 0.4) is 0 Å². The van der Waals surface area contributed by atoms with Crippen molar-refractivity contribution in [2.75, 3.05) is 26.1 Å². The van der Waals surface area contributed by atoms with Crippen LogP contribution in [0.4, 0.5) is 5.69 Å². The molecular weight excluding hydrogens is 374 g/mol. The van der Waals surface area contributed by atoms with Crippen LogP contribution < -0.4 is 18.9 Å². The predicted molar refractivity (Wildman–Crippen MR) is 99.8 cm³/mol. The van der Waals surface area contributed by atoms with Gasteiger partial charge >= 0.3 is 5.97 Å². The van der Waals surface area contributed by atoms with Crippen molar-refractivity contribution in [1.29, 1.82) is 0 Å². The van der Waals surface area contributed by atoms with Crippen molar-refractivity contribution < 1.29 is 32.5 Å². The summed E-state index contributed by atoms with van der Waals surface area (Å²) in [6.07, 6.45) is 0. The van der Waals surface area contributed by atoms with Crippen molar-refractivity contribution in [2.24, 2.45) is 0 Å². The van der Waals surface area contributed by atoms with Crippen LogP contribution in [0.5, 0.6) is 17.2 Å². The van der Waals surface area contributed by atoms with Gasteiger partial charge in [-0.05, 0) is 37.1 Å². The zero-order valence-corrected chi connectivity index (χ0v) is 16.4. The Morgan fingerprint density at radius 1 is 0.963 bits per heavy atom. The largest absolute Gasteiger partial charge is 0.493 e. The minimum Gasteiger partial charge on any atom is -0.493 e. The van der Waals surface area contributed by atoms with Crippen molar-refractivity contribution in [3.8, 4) is 17.2 Å². The number of methoxy groups -OCH3 is 3. The number of nitrogens with one attached hydrogen (secondary N) is 1. The maximum Gasteiger partial charge on any atom is 0.335 e. The van der Waals surface area contributed by atoms with Crippen molar-refractivity contribution in [1.82, 2.24) is 0 Å². The third-order valence-electron chi connectivity index (χ3n) is 4.07. The molecule has 9 heteroatoms. The monoisotopic (exact) mass is 395 g/mol. The van der Waals surface area contributed by atoms with E-state index >= 15 is 0 Å². The Balaban J connectivity index is 2.56. The van der Waals surface area contributed by atoms with E-state index in [0.717, 1.165) is 6.07 Å². The van der Waals surface area contributed by atoms with E-state index in [-0.39, 0.29) is 27.6 Å². The second-order valence-corrected chi connectivity index (χ2v) is 7.39. The molecule has 0 bridgehead atoms. The maximum absolute atomic E-state index is 12.9. The molecule has 0 spiro atoms. The molecule has 0 atom stereocenters. The summed E-state index contributed by atoms with van der Waals surface area (Å²) >= 11 is 0. The predicted octanol–water partition coefficient (Wildman–Crippen LogP) is 2.83. The first kappa shape index (κ1) is 20.4. The number of carbonyl (C=O) groups is 1. The van der Waals surface area contributed by atoms with E-state index in [0.29, 0.717) is 16.9 Å². The Labute approximate surface area is 157 Å². The highest BCUT2D eigenvalue weighted by atomic mass is 32.2. The summed E-state index contributed by atoms with van der Waals surface area (Å²) < 4.78 is 43.8. The SMILES string of the molecule is COc1cc(NS(=O)(=O)c2cc(C(=O)O)cc(C)c2C)cc(OC)c1OC. The third-order valence-corrected chi connectivity index (χ3v) is 5.58. The topological polar surface area (TPSA) is 111 Å². The minimum atomic E-state index is -4.06. The number of aromatic carboxylic acids is 1. The summed E-state index contributed by atoms with van der Waals surface area (Å²) in [6.45, 7) is 3.27. The molecule has 2 aromatic carbocycles. The zero-order valence-electron chi connectivity index (χ0n) is 15.6. The Hall–Kier alpha value is -2.94. The first-order valence-corrected chi connectivity index (χ1v) is 9.30. The number of aryl methyl sites for hydroxylation is 1. The molecule has 0 aromatic heterocycles. The molecule has 146 valence electrons. The van der Waals surface area contributed by atoms with E-state index in [2.05, 4.69) is 4.72 Å². The van der Waals surface area contributed by atoms with Crippen LogP contribution in [0.2, 0.25) is 0 Å². The molecular formula is C18H21NO7S. The first-order valence-electron chi connectivity index (χ1n) is 7.82. The highest BCUT2D eigenvalue weighted by Gasteiger charge is 2.22. The Morgan fingerprint density at radius 2 is 1.52 bits per heavy atom. The second kappa shape index (κ2) is 7.75. The summed E-state index contributed by atoms with van der Waals surface area (Å²) in [5, 5.41) is 9.21. The molecule has 0 fully saturated rings. The molecule has 2 N–H and O–H groups in total. The molecule has 0 aliphatic heterocycles. The lowest BCUT2D eigenvalue weighted by molar-refractivity contribution is 0.0696. The van der Waals surface area contributed by atoms with E-state index in [1.807, 2.05) is 0 Å². The molecule has 0 saturated heterocycles. The van der Waals surface area contributed by atoms with E-state index in [1.165, 1.54) is 39.5 Å². The lowest BCUT2D eigenvalue weighted by Gasteiger charge is -2.16. The van der Waals surface area contributed by atoms with Crippen molar-refractivity contribution in [3.05, 3.63) is 41.0 Å². The highest BCUT2D eigenvalue weighted by molar-refractivity contribution is 7.92. The Bertz CT molecular complexity index is 958. The van der Waals surface area contributed by atoms with Gasteiger partial charge in [0, 0.05) is 12.1 Å². The number of hydrogen-bond donors (Lipinski definition) is 2. The molecule has 0 aliphatic rings. The van der Waals surface area contributed by atoms with Crippen LogP contribution in [0.25, 0.3) is 0 Å². The van der Waals surface area contributed by atoms with Crippen LogP contribution in [-0.4, -0.2) is 40.8 Å². The average Bonchev–Trinajstić information content (AvgIpc) is 2.62. The van der Waals surface area contributed by atoms with Gasteiger partial charge in [-0.3, -0.25) is 4.72 Å². The van der Waals surface area contributed by atoms with Crippen LogP contribution in [0.15, 0.2) is 29.2 Å². The van der Waals surface area contributed by atoms with Gasteiger partial charge in [-0.1, -0.05) is 0 Å². The van der Waals surface area contributed by atoms with E-state index in [9.17, 15) is 18.3 Å². The number of ether oxygens (including phenoxy) is 3. The van der Waals surface area contributed by atoms with Gasteiger partial charge in [-0.2, -0.15) is 0 Å². The standard InChI is InChI=1S/C18H21NO7S/c1-10-6-12(18(20)21)7-16(11(10)2)27(22,23)19-13-8-14(24-3)17(26-5)15(9-13)25-4/h6-9,19H,1-5H3,(H,20,21). The number of carboxylic acid groups (broad SMARTS) is 1.